The van der Waals surface area contributed by atoms with Gasteiger partial charge in [0.05, 0.1) is 11.6 Å². The predicted molar refractivity (Wildman–Crippen MR) is 111 cm³/mol. The monoisotopic (exact) mass is 413 g/mol. The van der Waals surface area contributed by atoms with Gasteiger partial charge in [0.25, 0.3) is 0 Å². The second kappa shape index (κ2) is 9.00. The summed E-state index contributed by atoms with van der Waals surface area (Å²) in [4.78, 5) is 28.8. The van der Waals surface area contributed by atoms with E-state index in [9.17, 15) is 14.0 Å². The number of nitrogens with one attached hydrogen (secondary N) is 1. The zero-order valence-corrected chi connectivity index (χ0v) is 17.3. The van der Waals surface area contributed by atoms with E-state index in [1.54, 1.807) is 30.3 Å². The van der Waals surface area contributed by atoms with Crippen molar-refractivity contribution < 1.29 is 18.4 Å². The van der Waals surface area contributed by atoms with Gasteiger partial charge in [0.15, 0.2) is 0 Å². The topological polar surface area (TPSA) is 65.8 Å². The molecule has 1 aliphatic heterocycles. The summed E-state index contributed by atoms with van der Waals surface area (Å²) in [6.45, 7) is 4.57. The summed E-state index contributed by atoms with van der Waals surface area (Å²) in [7, 11) is 0. The van der Waals surface area contributed by atoms with Crippen molar-refractivity contribution in [3.8, 4) is 11.3 Å². The van der Waals surface area contributed by atoms with Gasteiger partial charge in [-0.15, -0.1) is 0 Å². The van der Waals surface area contributed by atoms with Crippen molar-refractivity contribution in [2.45, 2.75) is 44.7 Å². The van der Waals surface area contributed by atoms with Gasteiger partial charge in [-0.25, -0.2) is 4.39 Å². The van der Waals surface area contributed by atoms with Gasteiger partial charge in [0.2, 0.25) is 11.8 Å². The molecule has 1 atom stereocenters. The van der Waals surface area contributed by atoms with Crippen molar-refractivity contribution >= 4 is 11.8 Å². The van der Waals surface area contributed by atoms with Gasteiger partial charge in [-0.3, -0.25) is 14.5 Å². The molecule has 2 amide bonds. The van der Waals surface area contributed by atoms with Crippen LogP contribution >= 0.6 is 0 Å². The first-order chi connectivity index (χ1) is 14.5. The molecule has 4 rings (SSSR count). The highest BCUT2D eigenvalue weighted by Crippen LogP contribution is 2.25. The highest BCUT2D eigenvalue weighted by Gasteiger charge is 2.30. The Labute approximate surface area is 176 Å². The Morgan fingerprint density at radius 2 is 1.87 bits per heavy atom. The van der Waals surface area contributed by atoms with Gasteiger partial charge in [0, 0.05) is 45.1 Å². The van der Waals surface area contributed by atoms with E-state index in [-0.39, 0.29) is 23.7 Å². The molecule has 1 saturated carbocycles. The number of nitrogens with zero attached hydrogens (tertiary/aromatic N) is 2. The molecule has 1 aliphatic carbocycles. The van der Waals surface area contributed by atoms with Crippen LogP contribution in [0.5, 0.6) is 0 Å². The summed E-state index contributed by atoms with van der Waals surface area (Å²) in [5.74, 6) is 0.981. The molecular formula is C23H28FN3O3. The number of carbonyl (C=O) groups excluding carboxylic acids is 2. The molecule has 2 aromatic rings. The van der Waals surface area contributed by atoms with E-state index < -0.39 is 0 Å². The van der Waals surface area contributed by atoms with Crippen LogP contribution in [0.25, 0.3) is 11.3 Å². The van der Waals surface area contributed by atoms with Crippen molar-refractivity contribution in [2.24, 2.45) is 0 Å². The maximum atomic E-state index is 13.9. The average Bonchev–Trinajstić information content (AvgIpc) is 3.45. The minimum absolute atomic E-state index is 0.0774. The lowest BCUT2D eigenvalue weighted by atomic mass is 10.1. The van der Waals surface area contributed by atoms with Crippen LogP contribution in [0.3, 0.4) is 0 Å². The minimum Gasteiger partial charge on any atom is -0.461 e. The first kappa shape index (κ1) is 20.6. The number of benzene rings is 1. The number of rotatable bonds is 7. The fourth-order valence-corrected chi connectivity index (χ4v) is 3.78. The predicted octanol–water partition coefficient (Wildman–Crippen LogP) is 2.83. The molecule has 2 aliphatic rings. The van der Waals surface area contributed by atoms with Crippen LogP contribution in [0.4, 0.5) is 4.39 Å². The Hall–Kier alpha value is -2.67. The van der Waals surface area contributed by atoms with Crippen molar-refractivity contribution in [1.82, 2.24) is 15.1 Å². The van der Waals surface area contributed by atoms with E-state index in [0.29, 0.717) is 62.1 Å². The molecule has 1 aromatic heterocycles. The van der Waals surface area contributed by atoms with Gasteiger partial charge < -0.3 is 14.6 Å². The maximum Gasteiger partial charge on any atom is 0.237 e. The Bertz CT molecular complexity index is 901. The fraction of sp³-hybridized carbons (Fsp3) is 0.478. The van der Waals surface area contributed by atoms with Crippen LogP contribution in [0, 0.1) is 5.82 Å². The highest BCUT2D eigenvalue weighted by molar-refractivity contribution is 5.82. The molecule has 0 bridgehead atoms. The zero-order chi connectivity index (χ0) is 21.1. The Morgan fingerprint density at radius 1 is 1.13 bits per heavy atom. The number of carbonyl (C=O) groups is 2. The lowest BCUT2D eigenvalue weighted by Crippen LogP contribution is -2.55. The van der Waals surface area contributed by atoms with Crippen LogP contribution in [-0.4, -0.2) is 59.9 Å². The molecule has 1 N–H and O–H groups in total. The number of furan rings is 1. The lowest BCUT2D eigenvalue weighted by Gasteiger charge is -2.37. The molecule has 2 heterocycles. The van der Waals surface area contributed by atoms with E-state index in [1.807, 2.05) is 11.8 Å². The molecular weight excluding hydrogens is 385 g/mol. The van der Waals surface area contributed by atoms with E-state index in [4.69, 9.17) is 4.42 Å². The largest absolute Gasteiger partial charge is 0.461 e. The molecule has 0 radical (unpaired) electrons. The molecule has 7 heteroatoms. The minimum atomic E-state index is -0.326. The third kappa shape index (κ3) is 4.90. The van der Waals surface area contributed by atoms with Crippen LogP contribution in [-0.2, 0) is 16.0 Å². The van der Waals surface area contributed by atoms with Crippen molar-refractivity contribution in [1.29, 1.82) is 0 Å². The first-order valence-electron chi connectivity index (χ1n) is 10.7. The number of halogens is 1. The van der Waals surface area contributed by atoms with E-state index in [2.05, 4.69) is 10.2 Å². The van der Waals surface area contributed by atoms with Crippen LogP contribution in [0.2, 0.25) is 0 Å². The molecule has 2 fully saturated rings. The van der Waals surface area contributed by atoms with Crippen LogP contribution in [0.15, 0.2) is 40.8 Å². The molecule has 1 aromatic carbocycles. The van der Waals surface area contributed by atoms with Gasteiger partial charge in [0.1, 0.15) is 17.3 Å². The van der Waals surface area contributed by atoms with Gasteiger partial charge in [-0.1, -0.05) is 12.1 Å². The second-order valence-corrected chi connectivity index (χ2v) is 8.12. The standard InChI is InChI=1S/C23H28FN3O3/c1-16(23(29)25-17-6-7-17)26-12-14-27(15-13-26)22(28)11-9-18-8-10-21(30-18)19-4-2-3-5-20(19)24/h2-5,8,10,16-17H,6-7,9,11-15H2,1H3,(H,25,29)/t16-/m1/s1. The van der Waals surface area contributed by atoms with E-state index in [0.717, 1.165) is 12.8 Å². The third-order valence-electron chi connectivity index (χ3n) is 5.90. The summed E-state index contributed by atoms with van der Waals surface area (Å²) in [6.07, 6.45) is 2.99. The third-order valence-corrected chi connectivity index (χ3v) is 5.90. The number of hydrogen-bond acceptors (Lipinski definition) is 4. The van der Waals surface area contributed by atoms with E-state index >= 15 is 0 Å². The van der Waals surface area contributed by atoms with Gasteiger partial charge in [-0.2, -0.15) is 0 Å². The molecule has 6 nitrogen and oxygen atoms in total. The van der Waals surface area contributed by atoms with Crippen LogP contribution in [0.1, 0.15) is 31.9 Å². The number of amides is 2. The summed E-state index contributed by atoms with van der Waals surface area (Å²) >= 11 is 0. The maximum absolute atomic E-state index is 13.9. The average molecular weight is 413 g/mol. The number of hydrogen-bond donors (Lipinski definition) is 1. The zero-order valence-electron chi connectivity index (χ0n) is 17.3. The number of piperazine rings is 1. The highest BCUT2D eigenvalue weighted by atomic mass is 19.1. The first-order valence-corrected chi connectivity index (χ1v) is 10.7. The van der Waals surface area contributed by atoms with Crippen molar-refractivity contribution in [3.05, 3.63) is 48.0 Å². The summed E-state index contributed by atoms with van der Waals surface area (Å²) in [6, 6.07) is 10.2. The van der Waals surface area contributed by atoms with Gasteiger partial charge >= 0.3 is 0 Å². The van der Waals surface area contributed by atoms with Crippen molar-refractivity contribution in [3.63, 3.8) is 0 Å². The Balaban J connectivity index is 1.23. The molecule has 30 heavy (non-hydrogen) atoms. The Kier molecular flexibility index (Phi) is 6.18. The number of aryl methyl sites for hydroxylation is 1. The molecule has 0 unspecified atom stereocenters. The molecule has 160 valence electrons. The Morgan fingerprint density at radius 3 is 2.57 bits per heavy atom. The quantitative estimate of drug-likeness (QED) is 0.758. The fourth-order valence-electron chi connectivity index (χ4n) is 3.78. The lowest BCUT2D eigenvalue weighted by molar-refractivity contribution is -0.134. The van der Waals surface area contributed by atoms with Crippen LogP contribution < -0.4 is 5.32 Å². The summed E-state index contributed by atoms with van der Waals surface area (Å²) in [5.41, 5.74) is 0.422. The normalized spacial score (nSPS) is 18.3. The van der Waals surface area contributed by atoms with E-state index in [1.165, 1.54) is 6.07 Å². The smallest absolute Gasteiger partial charge is 0.237 e. The molecule has 0 spiro atoms. The van der Waals surface area contributed by atoms with Gasteiger partial charge in [-0.05, 0) is 44.0 Å². The SMILES string of the molecule is C[C@H](C(=O)NC1CC1)N1CCN(C(=O)CCc2ccc(-c3ccccc3F)o2)CC1. The second-order valence-electron chi connectivity index (χ2n) is 8.12. The van der Waals surface area contributed by atoms with Crippen molar-refractivity contribution in [2.75, 3.05) is 26.2 Å². The summed E-state index contributed by atoms with van der Waals surface area (Å²) < 4.78 is 19.6. The summed E-state index contributed by atoms with van der Waals surface area (Å²) in [5, 5.41) is 3.05. The molecule has 1 saturated heterocycles.